The first-order valence-electron chi connectivity index (χ1n) is 11.7. The van der Waals surface area contributed by atoms with Crippen LogP contribution in [0.3, 0.4) is 0 Å². The SMILES string of the molecule is CC(C)(C)OC(=O)N(CCc1ccc(S(=O)(=O)c2ccc(O)c(C(=O)O)c2)cc1)C[C@H](O)c1cccnc1. The van der Waals surface area contributed by atoms with Gasteiger partial charge in [0.25, 0.3) is 0 Å². The van der Waals surface area contributed by atoms with Crippen molar-refractivity contribution in [3.8, 4) is 5.75 Å². The normalized spacial score (nSPS) is 12.5. The van der Waals surface area contributed by atoms with Gasteiger partial charge in [-0.05, 0) is 69.2 Å². The van der Waals surface area contributed by atoms with Crippen molar-refractivity contribution >= 4 is 21.9 Å². The molecule has 38 heavy (non-hydrogen) atoms. The minimum atomic E-state index is -4.04. The Morgan fingerprint density at radius 2 is 1.71 bits per heavy atom. The lowest BCUT2D eigenvalue weighted by Gasteiger charge is -2.29. The Bertz CT molecular complexity index is 1380. The zero-order valence-corrected chi connectivity index (χ0v) is 22.1. The van der Waals surface area contributed by atoms with Crippen molar-refractivity contribution in [2.45, 2.75) is 48.7 Å². The number of carboxylic acid groups (broad SMARTS) is 1. The Hall–Kier alpha value is -3.96. The quantitative estimate of drug-likeness (QED) is 0.366. The van der Waals surface area contributed by atoms with Crippen molar-refractivity contribution < 1.29 is 38.1 Å². The van der Waals surface area contributed by atoms with E-state index in [-0.39, 0.29) is 22.9 Å². The number of nitrogens with zero attached hydrogens (tertiary/aromatic N) is 2. The molecular formula is C27H30N2O8S. The summed E-state index contributed by atoms with van der Waals surface area (Å²) in [5, 5.41) is 29.5. The van der Waals surface area contributed by atoms with E-state index in [2.05, 4.69) is 4.98 Å². The molecule has 1 atom stereocenters. The first-order chi connectivity index (χ1) is 17.8. The standard InChI is InChI=1S/C27H30N2O8S/c1-27(2,3)37-26(34)29(17-24(31)19-5-4-13-28-16-19)14-12-18-6-8-20(9-7-18)38(35,36)21-10-11-23(30)22(15-21)25(32)33/h4-11,13,15-16,24,30-31H,12,14,17H2,1-3H3,(H,32,33)/t24-/m0/s1. The van der Waals surface area contributed by atoms with Crippen LogP contribution in [-0.4, -0.2) is 64.4 Å². The maximum atomic E-state index is 13.0. The van der Waals surface area contributed by atoms with Gasteiger partial charge < -0.3 is 25.0 Å². The van der Waals surface area contributed by atoms with Crippen LogP contribution < -0.4 is 0 Å². The Balaban J connectivity index is 1.76. The summed E-state index contributed by atoms with van der Waals surface area (Å²) in [6.45, 7) is 5.39. The molecular weight excluding hydrogens is 512 g/mol. The Kier molecular flexibility index (Phi) is 8.74. The molecule has 202 valence electrons. The maximum Gasteiger partial charge on any atom is 0.410 e. The molecule has 0 aliphatic carbocycles. The van der Waals surface area contributed by atoms with Crippen LogP contribution in [0.2, 0.25) is 0 Å². The zero-order chi connectivity index (χ0) is 28.1. The average molecular weight is 543 g/mol. The van der Waals surface area contributed by atoms with Gasteiger partial charge in [-0.3, -0.25) is 4.98 Å². The van der Waals surface area contributed by atoms with Gasteiger partial charge >= 0.3 is 12.1 Å². The monoisotopic (exact) mass is 542 g/mol. The molecule has 0 aliphatic rings. The number of aromatic nitrogens is 1. The van der Waals surface area contributed by atoms with Crippen molar-refractivity contribution in [3.05, 3.63) is 83.7 Å². The smallest absolute Gasteiger partial charge is 0.410 e. The summed E-state index contributed by atoms with van der Waals surface area (Å²) in [5.74, 6) is -1.98. The average Bonchev–Trinajstić information content (AvgIpc) is 2.86. The fraction of sp³-hybridized carbons (Fsp3) is 0.296. The Labute approximate surface area is 221 Å². The number of phenols is 1. The van der Waals surface area contributed by atoms with Gasteiger partial charge in [0.2, 0.25) is 9.84 Å². The highest BCUT2D eigenvalue weighted by atomic mass is 32.2. The predicted molar refractivity (Wildman–Crippen MR) is 138 cm³/mol. The summed E-state index contributed by atoms with van der Waals surface area (Å²) in [5.41, 5.74) is 0.0268. The molecule has 0 saturated heterocycles. The zero-order valence-electron chi connectivity index (χ0n) is 21.2. The summed E-state index contributed by atoms with van der Waals surface area (Å²) in [6.07, 6.45) is 1.87. The van der Waals surface area contributed by atoms with Gasteiger partial charge in [-0.1, -0.05) is 18.2 Å². The van der Waals surface area contributed by atoms with E-state index in [1.807, 2.05) is 0 Å². The molecule has 1 amide bonds. The second-order valence-electron chi connectivity index (χ2n) is 9.61. The molecule has 0 saturated carbocycles. The lowest BCUT2D eigenvalue weighted by molar-refractivity contribution is 0.0146. The number of aromatic carboxylic acids is 1. The van der Waals surface area contributed by atoms with Gasteiger partial charge in [-0.2, -0.15) is 0 Å². The number of carbonyl (C=O) groups is 2. The number of aliphatic hydroxyl groups is 1. The highest BCUT2D eigenvalue weighted by Gasteiger charge is 2.25. The van der Waals surface area contributed by atoms with Crippen LogP contribution >= 0.6 is 0 Å². The lowest BCUT2D eigenvalue weighted by atomic mass is 10.1. The molecule has 1 heterocycles. The Morgan fingerprint density at radius 3 is 2.29 bits per heavy atom. The van der Waals surface area contributed by atoms with E-state index in [9.17, 15) is 33.3 Å². The number of aromatic hydroxyl groups is 1. The summed E-state index contributed by atoms with van der Waals surface area (Å²) < 4.78 is 31.5. The van der Waals surface area contributed by atoms with E-state index in [1.165, 1.54) is 23.2 Å². The molecule has 0 radical (unpaired) electrons. The van der Waals surface area contributed by atoms with E-state index in [0.717, 1.165) is 23.8 Å². The minimum Gasteiger partial charge on any atom is -0.507 e. The van der Waals surface area contributed by atoms with E-state index in [1.54, 1.807) is 51.2 Å². The second-order valence-corrected chi connectivity index (χ2v) is 11.6. The number of hydrogen-bond acceptors (Lipinski definition) is 8. The molecule has 2 aromatic carbocycles. The number of carbonyl (C=O) groups excluding carboxylic acids is 1. The third-order valence-electron chi connectivity index (χ3n) is 5.53. The highest BCUT2D eigenvalue weighted by molar-refractivity contribution is 7.91. The predicted octanol–water partition coefficient (Wildman–Crippen LogP) is 3.83. The Morgan fingerprint density at radius 1 is 1.05 bits per heavy atom. The number of sulfone groups is 1. The molecule has 11 heteroatoms. The highest BCUT2D eigenvalue weighted by Crippen LogP contribution is 2.26. The molecule has 0 fully saturated rings. The maximum absolute atomic E-state index is 13.0. The molecule has 1 aromatic heterocycles. The van der Waals surface area contributed by atoms with Gasteiger partial charge in [-0.15, -0.1) is 0 Å². The molecule has 3 rings (SSSR count). The number of pyridine rings is 1. The van der Waals surface area contributed by atoms with Crippen LogP contribution in [-0.2, 0) is 21.0 Å². The van der Waals surface area contributed by atoms with Crippen molar-refractivity contribution in [2.24, 2.45) is 0 Å². The van der Waals surface area contributed by atoms with Gasteiger partial charge in [-0.25, -0.2) is 18.0 Å². The van der Waals surface area contributed by atoms with Crippen LogP contribution in [0.25, 0.3) is 0 Å². The minimum absolute atomic E-state index is 0.0279. The van der Waals surface area contributed by atoms with Crippen molar-refractivity contribution in [1.82, 2.24) is 9.88 Å². The summed E-state index contributed by atoms with van der Waals surface area (Å²) >= 11 is 0. The summed E-state index contributed by atoms with van der Waals surface area (Å²) in [4.78, 5) is 29.2. The fourth-order valence-electron chi connectivity index (χ4n) is 3.56. The van der Waals surface area contributed by atoms with Crippen molar-refractivity contribution in [2.75, 3.05) is 13.1 Å². The molecule has 0 bridgehead atoms. The lowest BCUT2D eigenvalue weighted by Crippen LogP contribution is -2.40. The first kappa shape index (κ1) is 28.6. The fourth-order valence-corrected chi connectivity index (χ4v) is 4.85. The second kappa shape index (κ2) is 11.6. The van der Waals surface area contributed by atoms with Gasteiger partial charge in [0, 0.05) is 24.5 Å². The number of benzene rings is 2. The van der Waals surface area contributed by atoms with E-state index < -0.39 is 44.9 Å². The summed E-state index contributed by atoms with van der Waals surface area (Å²) in [6, 6.07) is 12.4. The molecule has 10 nitrogen and oxygen atoms in total. The van der Waals surface area contributed by atoms with Crippen LogP contribution in [0, 0.1) is 0 Å². The number of aliphatic hydroxyl groups excluding tert-OH is 1. The van der Waals surface area contributed by atoms with Crippen LogP contribution in [0.5, 0.6) is 5.75 Å². The molecule has 0 unspecified atom stereocenters. The third-order valence-corrected chi connectivity index (χ3v) is 7.29. The van der Waals surface area contributed by atoms with Crippen LogP contribution in [0.1, 0.15) is 48.4 Å². The van der Waals surface area contributed by atoms with Gasteiger partial charge in [0.1, 0.15) is 16.9 Å². The number of amides is 1. The largest absolute Gasteiger partial charge is 0.507 e. The van der Waals surface area contributed by atoms with Crippen molar-refractivity contribution in [3.63, 3.8) is 0 Å². The molecule has 0 spiro atoms. The number of hydrogen-bond donors (Lipinski definition) is 3. The van der Waals surface area contributed by atoms with E-state index >= 15 is 0 Å². The number of ether oxygens (including phenoxy) is 1. The topological polar surface area (TPSA) is 154 Å². The number of rotatable bonds is 9. The van der Waals surface area contributed by atoms with E-state index in [4.69, 9.17) is 4.74 Å². The molecule has 3 N–H and O–H groups in total. The number of carboxylic acids is 1. The van der Waals surface area contributed by atoms with E-state index in [0.29, 0.717) is 12.0 Å². The van der Waals surface area contributed by atoms with Crippen LogP contribution in [0.15, 0.2) is 76.8 Å². The molecule has 0 aliphatic heterocycles. The summed E-state index contributed by atoms with van der Waals surface area (Å²) in [7, 11) is -4.04. The third kappa shape index (κ3) is 7.30. The van der Waals surface area contributed by atoms with Gasteiger partial charge in [0.05, 0.1) is 22.4 Å². The van der Waals surface area contributed by atoms with Crippen molar-refractivity contribution in [1.29, 1.82) is 0 Å². The van der Waals surface area contributed by atoms with Gasteiger partial charge in [0.15, 0.2) is 0 Å². The first-order valence-corrected chi connectivity index (χ1v) is 13.2. The molecule has 3 aromatic rings. The van der Waals surface area contributed by atoms with Crippen LogP contribution in [0.4, 0.5) is 4.79 Å².